The first kappa shape index (κ1) is 22.6. The van der Waals surface area contributed by atoms with Crippen molar-refractivity contribution in [1.82, 2.24) is 29.9 Å². The Morgan fingerprint density at radius 3 is 2.57 bits per heavy atom. The molecular formula is C28H26F2N6O. The second-order valence-corrected chi connectivity index (χ2v) is 11.1. The van der Waals surface area contributed by atoms with E-state index in [-0.39, 0.29) is 34.7 Å². The molecule has 2 saturated carbocycles. The van der Waals surface area contributed by atoms with Crippen LogP contribution in [0.4, 0.5) is 8.78 Å². The lowest BCUT2D eigenvalue weighted by Gasteiger charge is -2.37. The van der Waals surface area contributed by atoms with Crippen molar-refractivity contribution in [1.29, 1.82) is 0 Å². The summed E-state index contributed by atoms with van der Waals surface area (Å²) in [6, 6.07) is 5.84. The van der Waals surface area contributed by atoms with Crippen LogP contribution in [0.2, 0.25) is 0 Å². The van der Waals surface area contributed by atoms with Crippen LogP contribution < -0.4 is 0 Å². The van der Waals surface area contributed by atoms with E-state index in [1.165, 1.54) is 18.2 Å². The third-order valence-corrected chi connectivity index (χ3v) is 9.03. The molecule has 7 rings (SSSR count). The van der Waals surface area contributed by atoms with Gasteiger partial charge in [-0.05, 0) is 60.8 Å². The van der Waals surface area contributed by atoms with Gasteiger partial charge >= 0.3 is 0 Å². The zero-order valence-corrected chi connectivity index (χ0v) is 20.6. The third kappa shape index (κ3) is 3.03. The Bertz CT molecular complexity index is 1530. The van der Waals surface area contributed by atoms with Crippen molar-refractivity contribution in [2.75, 3.05) is 0 Å². The summed E-state index contributed by atoms with van der Waals surface area (Å²) >= 11 is 0. The van der Waals surface area contributed by atoms with Crippen LogP contribution in [0.5, 0.6) is 0 Å². The van der Waals surface area contributed by atoms with Gasteiger partial charge in [-0.15, -0.1) is 5.10 Å². The van der Waals surface area contributed by atoms with E-state index in [1.807, 2.05) is 23.1 Å². The zero-order chi connectivity index (χ0) is 25.5. The van der Waals surface area contributed by atoms with Crippen molar-refractivity contribution >= 4 is 0 Å². The van der Waals surface area contributed by atoms with Crippen LogP contribution in [0, 0.1) is 17.0 Å². The predicted octanol–water partition coefficient (Wildman–Crippen LogP) is 4.97. The average molecular weight is 501 g/mol. The number of hydrogen-bond donors (Lipinski definition) is 1. The van der Waals surface area contributed by atoms with Crippen molar-refractivity contribution < 1.29 is 13.9 Å². The van der Waals surface area contributed by atoms with E-state index in [2.05, 4.69) is 34.1 Å². The molecule has 7 nitrogen and oxygen atoms in total. The molecule has 0 saturated heterocycles. The fourth-order valence-electron chi connectivity index (χ4n) is 6.91. The molecule has 2 fully saturated rings. The number of benzene rings is 1. The van der Waals surface area contributed by atoms with E-state index >= 15 is 0 Å². The van der Waals surface area contributed by atoms with E-state index in [0.717, 1.165) is 41.1 Å². The highest BCUT2D eigenvalue weighted by molar-refractivity contribution is 5.64. The molecule has 0 aliphatic heterocycles. The molecule has 3 aliphatic carbocycles. The van der Waals surface area contributed by atoms with Gasteiger partial charge in [0, 0.05) is 18.0 Å². The van der Waals surface area contributed by atoms with Crippen LogP contribution in [0.3, 0.4) is 0 Å². The minimum Gasteiger partial charge on any atom is -0.393 e. The van der Waals surface area contributed by atoms with Gasteiger partial charge in [0.2, 0.25) is 0 Å². The summed E-state index contributed by atoms with van der Waals surface area (Å²) in [4.78, 5) is 9.63. The minimum atomic E-state index is -0.651. The maximum absolute atomic E-state index is 14.5. The maximum atomic E-state index is 14.5. The standard InChI is InChI=1S/C28H26F2N6O/c1-27(2)19-6-7-28(27,26-18(19)10-22(34-35-26)25-20(29)4-3-5-21(25)30)24-13-31-12-23(33-24)15-11-32-36(14-15)16-8-17(37)9-16/h3-5,10-14,16-17,19,37H,6-9H2,1-2H3/t16-,17+,19-,28-/m0/s1. The van der Waals surface area contributed by atoms with E-state index in [4.69, 9.17) is 4.98 Å². The Morgan fingerprint density at radius 2 is 1.81 bits per heavy atom. The van der Waals surface area contributed by atoms with Gasteiger partial charge in [-0.1, -0.05) is 19.9 Å². The van der Waals surface area contributed by atoms with Crippen LogP contribution >= 0.6 is 0 Å². The summed E-state index contributed by atoms with van der Waals surface area (Å²) in [5.41, 5.74) is 3.53. The number of hydrogen-bond acceptors (Lipinski definition) is 6. The summed E-state index contributed by atoms with van der Waals surface area (Å²) in [7, 11) is 0. The number of aliphatic hydroxyl groups is 1. The average Bonchev–Trinajstić information content (AvgIpc) is 3.50. The predicted molar refractivity (Wildman–Crippen MR) is 131 cm³/mol. The quantitative estimate of drug-likeness (QED) is 0.425. The maximum Gasteiger partial charge on any atom is 0.135 e. The lowest BCUT2D eigenvalue weighted by atomic mass is 9.66. The van der Waals surface area contributed by atoms with Gasteiger partial charge in [0.15, 0.2) is 0 Å². The minimum absolute atomic E-state index is 0.148. The molecule has 3 aliphatic rings. The molecule has 9 heteroatoms. The Kier molecular flexibility index (Phi) is 4.71. The second-order valence-electron chi connectivity index (χ2n) is 11.1. The van der Waals surface area contributed by atoms with E-state index in [0.29, 0.717) is 12.8 Å². The van der Waals surface area contributed by atoms with E-state index < -0.39 is 17.0 Å². The van der Waals surface area contributed by atoms with Crippen molar-refractivity contribution in [3.05, 3.63) is 77.6 Å². The normalized spacial score (nSPS) is 27.2. The van der Waals surface area contributed by atoms with Crippen molar-refractivity contribution in [2.24, 2.45) is 5.41 Å². The molecule has 37 heavy (non-hydrogen) atoms. The number of fused-ring (bicyclic) bond motifs is 5. The summed E-state index contributed by atoms with van der Waals surface area (Å²) in [6.07, 6.45) is 10.2. The van der Waals surface area contributed by atoms with Gasteiger partial charge in [0.05, 0.1) is 58.3 Å². The Morgan fingerprint density at radius 1 is 1.03 bits per heavy atom. The summed E-state index contributed by atoms with van der Waals surface area (Å²) < 4.78 is 30.9. The molecule has 2 bridgehead atoms. The van der Waals surface area contributed by atoms with Crippen molar-refractivity contribution in [3.63, 3.8) is 0 Å². The SMILES string of the molecule is CC1(C)[C@H]2CC[C@]1(c1cncc(-c3cnn([C@H]4C[C@@H](O)C4)c3)n1)c1nnc(-c3c(F)cccc3F)cc12. The lowest BCUT2D eigenvalue weighted by Crippen LogP contribution is -2.38. The molecular weight excluding hydrogens is 474 g/mol. The molecule has 0 amide bonds. The third-order valence-electron chi connectivity index (χ3n) is 9.03. The highest BCUT2D eigenvalue weighted by Gasteiger charge is 2.65. The van der Waals surface area contributed by atoms with Gasteiger partial charge in [0.1, 0.15) is 11.6 Å². The summed E-state index contributed by atoms with van der Waals surface area (Å²) in [5.74, 6) is -1.14. The Hall–Kier alpha value is -3.59. The molecule has 0 unspecified atom stereocenters. The fraction of sp³-hybridized carbons (Fsp3) is 0.393. The first-order valence-electron chi connectivity index (χ1n) is 12.7. The number of nitrogens with zero attached hydrogens (tertiary/aromatic N) is 6. The molecule has 0 radical (unpaired) electrons. The molecule has 3 aromatic heterocycles. The van der Waals surface area contributed by atoms with Gasteiger partial charge in [-0.2, -0.15) is 10.2 Å². The van der Waals surface area contributed by atoms with Crippen LogP contribution in [0.25, 0.3) is 22.5 Å². The molecule has 3 heterocycles. The largest absolute Gasteiger partial charge is 0.393 e. The number of aromatic nitrogens is 6. The molecule has 1 aromatic carbocycles. The van der Waals surface area contributed by atoms with Crippen LogP contribution in [-0.4, -0.2) is 41.2 Å². The molecule has 2 atom stereocenters. The van der Waals surface area contributed by atoms with Gasteiger partial charge in [-0.25, -0.2) is 13.8 Å². The van der Waals surface area contributed by atoms with Gasteiger partial charge < -0.3 is 5.11 Å². The van der Waals surface area contributed by atoms with Gasteiger partial charge in [-0.3, -0.25) is 9.67 Å². The number of rotatable bonds is 4. The van der Waals surface area contributed by atoms with Crippen LogP contribution in [0.1, 0.15) is 68.4 Å². The monoisotopic (exact) mass is 500 g/mol. The molecule has 1 N–H and O–H groups in total. The van der Waals surface area contributed by atoms with E-state index in [1.54, 1.807) is 12.4 Å². The Labute approximate surface area is 212 Å². The smallest absolute Gasteiger partial charge is 0.135 e. The second kappa shape index (κ2) is 7.71. The van der Waals surface area contributed by atoms with Crippen molar-refractivity contribution in [3.8, 4) is 22.5 Å². The van der Waals surface area contributed by atoms with Crippen molar-refractivity contribution in [2.45, 2.75) is 63.0 Å². The van der Waals surface area contributed by atoms with Crippen LogP contribution in [-0.2, 0) is 5.41 Å². The van der Waals surface area contributed by atoms with Gasteiger partial charge in [0.25, 0.3) is 0 Å². The molecule has 188 valence electrons. The zero-order valence-electron chi connectivity index (χ0n) is 20.6. The number of aliphatic hydroxyl groups excluding tert-OH is 1. The topological polar surface area (TPSA) is 89.6 Å². The first-order chi connectivity index (χ1) is 17.8. The number of halogens is 2. The highest BCUT2D eigenvalue weighted by atomic mass is 19.1. The summed E-state index contributed by atoms with van der Waals surface area (Å²) in [6.45, 7) is 4.42. The first-order valence-corrected chi connectivity index (χ1v) is 12.7. The highest BCUT2D eigenvalue weighted by Crippen LogP contribution is 2.69. The van der Waals surface area contributed by atoms with E-state index in [9.17, 15) is 13.9 Å². The molecule has 0 spiro atoms. The fourth-order valence-corrected chi connectivity index (χ4v) is 6.91. The lowest BCUT2D eigenvalue weighted by molar-refractivity contribution is 0.0434. The Balaban J connectivity index is 1.31. The van der Waals surface area contributed by atoms with Crippen LogP contribution in [0.15, 0.2) is 49.1 Å². The summed E-state index contributed by atoms with van der Waals surface area (Å²) in [5, 5.41) is 23.1. The molecule has 4 aromatic rings.